The monoisotopic (exact) mass is 231 g/mol. The lowest BCUT2D eigenvalue weighted by Crippen LogP contribution is -2.14. The van der Waals surface area contributed by atoms with Gasteiger partial charge < -0.3 is 10.1 Å². The number of esters is 1. The maximum absolute atomic E-state index is 11.5. The Kier molecular flexibility index (Phi) is 4.77. The van der Waals surface area contributed by atoms with Crippen LogP contribution in [0.3, 0.4) is 0 Å². The Labute approximate surface area is 100.0 Å². The minimum atomic E-state index is -0.488. The Morgan fingerprint density at radius 2 is 2.12 bits per heavy atom. The van der Waals surface area contributed by atoms with E-state index in [1.165, 1.54) is 7.11 Å². The molecule has 0 aliphatic rings. The lowest BCUT2D eigenvalue weighted by molar-refractivity contribution is -0.116. The third kappa shape index (κ3) is 3.65. The Bertz CT molecular complexity index is 460. The molecule has 4 heteroatoms. The van der Waals surface area contributed by atoms with Crippen LogP contribution in [0, 0.1) is 12.3 Å². The van der Waals surface area contributed by atoms with Gasteiger partial charge in [0.25, 0.3) is 0 Å². The van der Waals surface area contributed by atoms with Crippen LogP contribution in [0.15, 0.2) is 24.3 Å². The SMILES string of the molecule is C#CCCC(=O)Nc1ccccc1C(=O)OC. The van der Waals surface area contributed by atoms with Gasteiger partial charge in [-0.2, -0.15) is 0 Å². The van der Waals surface area contributed by atoms with Gasteiger partial charge in [-0.25, -0.2) is 4.79 Å². The molecule has 17 heavy (non-hydrogen) atoms. The van der Waals surface area contributed by atoms with E-state index < -0.39 is 5.97 Å². The number of nitrogens with one attached hydrogen (secondary N) is 1. The second-order valence-electron chi connectivity index (χ2n) is 3.29. The fourth-order valence-corrected chi connectivity index (χ4v) is 1.28. The Balaban J connectivity index is 2.81. The van der Waals surface area contributed by atoms with Gasteiger partial charge in [-0.3, -0.25) is 4.79 Å². The van der Waals surface area contributed by atoms with Crippen LogP contribution in [-0.4, -0.2) is 19.0 Å². The van der Waals surface area contributed by atoms with Crippen LogP contribution in [0.2, 0.25) is 0 Å². The molecule has 4 nitrogen and oxygen atoms in total. The van der Waals surface area contributed by atoms with Crippen LogP contribution in [0.1, 0.15) is 23.2 Å². The fourth-order valence-electron chi connectivity index (χ4n) is 1.28. The van der Waals surface area contributed by atoms with E-state index in [1.807, 2.05) is 0 Å². The van der Waals surface area contributed by atoms with Gasteiger partial charge in [-0.05, 0) is 12.1 Å². The predicted molar refractivity (Wildman–Crippen MR) is 64.5 cm³/mol. The second kappa shape index (κ2) is 6.33. The number of benzene rings is 1. The fraction of sp³-hybridized carbons (Fsp3) is 0.231. The van der Waals surface area contributed by atoms with E-state index >= 15 is 0 Å². The quantitative estimate of drug-likeness (QED) is 0.635. The first kappa shape index (κ1) is 12.8. The first-order valence-corrected chi connectivity index (χ1v) is 5.09. The summed E-state index contributed by atoms with van der Waals surface area (Å²) >= 11 is 0. The van der Waals surface area contributed by atoms with Gasteiger partial charge in [-0.1, -0.05) is 12.1 Å². The largest absolute Gasteiger partial charge is 0.465 e. The predicted octanol–water partition coefficient (Wildman–Crippen LogP) is 1.83. The topological polar surface area (TPSA) is 55.4 Å². The van der Waals surface area contributed by atoms with E-state index in [2.05, 4.69) is 16.0 Å². The van der Waals surface area contributed by atoms with Gasteiger partial charge in [0.2, 0.25) is 5.91 Å². The molecule has 1 aromatic carbocycles. The first-order chi connectivity index (χ1) is 8.19. The van der Waals surface area contributed by atoms with Crippen LogP contribution >= 0.6 is 0 Å². The van der Waals surface area contributed by atoms with Crippen LogP contribution in [0.4, 0.5) is 5.69 Å². The Morgan fingerprint density at radius 1 is 1.41 bits per heavy atom. The van der Waals surface area contributed by atoms with Gasteiger partial charge in [0.05, 0.1) is 18.4 Å². The third-order valence-corrected chi connectivity index (χ3v) is 2.10. The molecule has 0 aliphatic heterocycles. The van der Waals surface area contributed by atoms with E-state index in [-0.39, 0.29) is 12.3 Å². The molecule has 0 spiro atoms. The first-order valence-electron chi connectivity index (χ1n) is 5.09. The van der Waals surface area contributed by atoms with Crippen LogP contribution in [0.5, 0.6) is 0 Å². The molecule has 0 saturated carbocycles. The molecule has 0 aliphatic carbocycles. The van der Waals surface area contributed by atoms with Crippen molar-refractivity contribution in [2.45, 2.75) is 12.8 Å². The normalized spacial score (nSPS) is 9.18. The van der Waals surface area contributed by atoms with Gasteiger partial charge in [-0.15, -0.1) is 12.3 Å². The maximum Gasteiger partial charge on any atom is 0.339 e. The number of ether oxygens (including phenoxy) is 1. The lowest BCUT2D eigenvalue weighted by atomic mass is 10.1. The molecule has 1 amide bonds. The number of methoxy groups -OCH3 is 1. The highest BCUT2D eigenvalue weighted by Gasteiger charge is 2.12. The summed E-state index contributed by atoms with van der Waals surface area (Å²) in [5, 5.41) is 2.63. The minimum Gasteiger partial charge on any atom is -0.465 e. The van der Waals surface area contributed by atoms with Gasteiger partial charge >= 0.3 is 5.97 Å². The number of carbonyl (C=O) groups excluding carboxylic acids is 2. The van der Waals surface area contributed by atoms with Crippen molar-refractivity contribution in [3.8, 4) is 12.3 Å². The molecule has 1 rings (SSSR count). The lowest BCUT2D eigenvalue weighted by Gasteiger charge is -2.08. The van der Waals surface area contributed by atoms with E-state index in [0.29, 0.717) is 17.7 Å². The summed E-state index contributed by atoms with van der Waals surface area (Å²) in [6.45, 7) is 0. The number of amides is 1. The summed E-state index contributed by atoms with van der Waals surface area (Å²) in [4.78, 5) is 22.9. The Morgan fingerprint density at radius 3 is 2.76 bits per heavy atom. The molecule has 0 unspecified atom stereocenters. The molecule has 0 atom stereocenters. The summed E-state index contributed by atoms with van der Waals surface area (Å²) in [6.07, 6.45) is 5.66. The van der Waals surface area contributed by atoms with Crippen LogP contribution < -0.4 is 5.32 Å². The van der Waals surface area contributed by atoms with E-state index in [4.69, 9.17) is 6.42 Å². The van der Waals surface area contributed by atoms with E-state index in [0.717, 1.165) is 0 Å². The van der Waals surface area contributed by atoms with Crippen molar-refractivity contribution in [2.75, 3.05) is 12.4 Å². The van der Waals surface area contributed by atoms with E-state index in [1.54, 1.807) is 24.3 Å². The van der Waals surface area contributed by atoms with E-state index in [9.17, 15) is 9.59 Å². The number of anilines is 1. The van der Waals surface area contributed by atoms with Crippen LogP contribution in [0.25, 0.3) is 0 Å². The molecule has 0 aromatic heterocycles. The van der Waals surface area contributed by atoms with Gasteiger partial charge in [0, 0.05) is 12.8 Å². The molecule has 0 heterocycles. The molecule has 0 radical (unpaired) electrons. The van der Waals surface area contributed by atoms with Crippen molar-refractivity contribution in [3.63, 3.8) is 0 Å². The average Bonchev–Trinajstić information content (AvgIpc) is 2.36. The molecule has 0 saturated heterocycles. The highest BCUT2D eigenvalue weighted by atomic mass is 16.5. The van der Waals surface area contributed by atoms with Gasteiger partial charge in [0.15, 0.2) is 0 Å². The number of hydrogen-bond acceptors (Lipinski definition) is 3. The van der Waals surface area contributed by atoms with Gasteiger partial charge in [0.1, 0.15) is 0 Å². The number of para-hydroxylation sites is 1. The number of rotatable bonds is 4. The van der Waals surface area contributed by atoms with Crippen molar-refractivity contribution in [2.24, 2.45) is 0 Å². The second-order valence-corrected chi connectivity index (χ2v) is 3.29. The summed E-state index contributed by atoms with van der Waals surface area (Å²) in [7, 11) is 1.29. The molecule has 0 fully saturated rings. The van der Waals surface area contributed by atoms with Crippen molar-refractivity contribution < 1.29 is 14.3 Å². The molecule has 0 bridgehead atoms. The van der Waals surface area contributed by atoms with Crippen molar-refractivity contribution in [3.05, 3.63) is 29.8 Å². The highest BCUT2D eigenvalue weighted by Crippen LogP contribution is 2.16. The smallest absolute Gasteiger partial charge is 0.339 e. The highest BCUT2D eigenvalue weighted by molar-refractivity contribution is 6.01. The van der Waals surface area contributed by atoms with Crippen molar-refractivity contribution >= 4 is 17.6 Å². The molecule has 1 N–H and O–H groups in total. The number of terminal acetylenes is 1. The molecule has 1 aromatic rings. The van der Waals surface area contributed by atoms with Crippen LogP contribution in [-0.2, 0) is 9.53 Å². The zero-order valence-electron chi connectivity index (χ0n) is 9.53. The average molecular weight is 231 g/mol. The third-order valence-electron chi connectivity index (χ3n) is 2.10. The summed E-state index contributed by atoms with van der Waals surface area (Å²) in [5.74, 6) is 1.67. The minimum absolute atomic E-state index is 0.223. The maximum atomic E-state index is 11.5. The summed E-state index contributed by atoms with van der Waals surface area (Å²) in [5.41, 5.74) is 0.755. The molecular weight excluding hydrogens is 218 g/mol. The zero-order valence-corrected chi connectivity index (χ0v) is 9.53. The Hall–Kier alpha value is -2.28. The summed E-state index contributed by atoms with van der Waals surface area (Å²) < 4.78 is 4.62. The summed E-state index contributed by atoms with van der Waals surface area (Å²) in [6, 6.07) is 6.65. The standard InChI is InChI=1S/C13H13NO3/c1-3-4-9-12(15)14-11-8-6-5-7-10(11)13(16)17-2/h1,5-8H,4,9H2,2H3,(H,14,15). The number of carbonyl (C=O) groups is 2. The number of hydrogen-bond donors (Lipinski definition) is 1. The molecular formula is C13H13NO3. The zero-order chi connectivity index (χ0) is 12.7. The van der Waals surface area contributed by atoms with Crippen molar-refractivity contribution in [1.82, 2.24) is 0 Å². The van der Waals surface area contributed by atoms with Crippen molar-refractivity contribution in [1.29, 1.82) is 0 Å². The molecule has 88 valence electrons.